The lowest BCUT2D eigenvalue weighted by Gasteiger charge is -2.04. The molecule has 0 bridgehead atoms. The van der Waals surface area contributed by atoms with Gasteiger partial charge in [0.15, 0.2) is 0 Å². The smallest absolute Gasteiger partial charge is 0.217 e. The molecule has 0 aromatic heterocycles. The molecule has 3 N–H and O–H groups in total. The van der Waals surface area contributed by atoms with Crippen molar-refractivity contribution in [2.45, 2.75) is 109 Å². The number of nitrogens with two attached hydrogens (primary N) is 1. The van der Waals surface area contributed by atoms with Crippen LogP contribution in [0.1, 0.15) is 103 Å². The molecule has 0 aromatic rings. The fourth-order valence-corrected chi connectivity index (χ4v) is 2.68. The third-order valence-electron chi connectivity index (χ3n) is 4.05. The molecule has 0 radical (unpaired) electrons. The first-order valence-corrected chi connectivity index (χ1v) is 9.09. The van der Waals surface area contributed by atoms with Crippen molar-refractivity contribution in [3.63, 3.8) is 0 Å². The van der Waals surface area contributed by atoms with Gasteiger partial charge in [0, 0.05) is 6.42 Å². The molecule has 1 atom stereocenters. The minimum Gasteiger partial charge on any atom is -0.393 e. The lowest BCUT2D eigenvalue weighted by molar-refractivity contribution is -0.118. The Labute approximate surface area is 131 Å². The summed E-state index contributed by atoms with van der Waals surface area (Å²) >= 11 is 0. The van der Waals surface area contributed by atoms with Gasteiger partial charge in [0.2, 0.25) is 5.91 Å². The highest BCUT2D eigenvalue weighted by Gasteiger charge is 1.97. The number of aliphatic hydroxyl groups excluding tert-OH is 1. The summed E-state index contributed by atoms with van der Waals surface area (Å²) in [6.07, 6.45) is 18.0. The zero-order valence-electron chi connectivity index (χ0n) is 14.1. The van der Waals surface area contributed by atoms with E-state index < -0.39 is 0 Å². The largest absolute Gasteiger partial charge is 0.393 e. The molecule has 0 aromatic carbocycles. The summed E-state index contributed by atoms with van der Waals surface area (Å²) in [5, 5.41) is 9.15. The second kappa shape index (κ2) is 15.8. The lowest BCUT2D eigenvalue weighted by atomic mass is 10.0. The normalized spacial score (nSPS) is 12.5. The highest BCUT2D eigenvalue weighted by Crippen LogP contribution is 2.13. The van der Waals surface area contributed by atoms with Crippen molar-refractivity contribution in [1.82, 2.24) is 0 Å². The second-order valence-electron chi connectivity index (χ2n) is 6.45. The third-order valence-corrected chi connectivity index (χ3v) is 4.05. The number of unbranched alkanes of at least 4 members (excludes halogenated alkanes) is 12. The van der Waals surface area contributed by atoms with Gasteiger partial charge in [0.05, 0.1) is 6.10 Å². The van der Waals surface area contributed by atoms with Crippen molar-refractivity contribution in [2.24, 2.45) is 5.73 Å². The van der Waals surface area contributed by atoms with Gasteiger partial charge < -0.3 is 10.8 Å². The first-order valence-electron chi connectivity index (χ1n) is 9.09. The summed E-state index contributed by atoms with van der Waals surface area (Å²) in [5.41, 5.74) is 5.10. The molecule has 0 fully saturated rings. The maximum absolute atomic E-state index is 10.6. The molecule has 3 heteroatoms. The molecule has 21 heavy (non-hydrogen) atoms. The minimum atomic E-state index is -0.166. The zero-order chi connectivity index (χ0) is 15.8. The van der Waals surface area contributed by atoms with Gasteiger partial charge in [0.25, 0.3) is 0 Å². The molecule has 0 aliphatic carbocycles. The van der Waals surface area contributed by atoms with E-state index in [2.05, 4.69) is 0 Å². The summed E-state index contributed by atoms with van der Waals surface area (Å²) in [7, 11) is 0. The standard InChI is InChI=1S/C18H37NO2/c1-17(20)15-13-11-9-7-5-3-2-4-6-8-10-12-14-16-18(19)21/h17,20H,2-16H2,1H3,(H2,19,21). The van der Waals surface area contributed by atoms with Crippen LogP contribution in [0.25, 0.3) is 0 Å². The first kappa shape index (κ1) is 20.4. The number of hydrogen-bond acceptors (Lipinski definition) is 2. The maximum atomic E-state index is 10.6. The van der Waals surface area contributed by atoms with Gasteiger partial charge in [-0.3, -0.25) is 4.79 Å². The molecule has 0 aliphatic rings. The van der Waals surface area contributed by atoms with E-state index in [1.54, 1.807) is 0 Å². The fraction of sp³-hybridized carbons (Fsp3) is 0.944. The topological polar surface area (TPSA) is 63.3 Å². The van der Waals surface area contributed by atoms with Gasteiger partial charge in [-0.1, -0.05) is 77.0 Å². The van der Waals surface area contributed by atoms with E-state index in [0.717, 1.165) is 19.3 Å². The Morgan fingerprint density at radius 2 is 1.10 bits per heavy atom. The number of rotatable bonds is 16. The average molecular weight is 299 g/mol. The van der Waals surface area contributed by atoms with Crippen LogP contribution in [-0.4, -0.2) is 17.1 Å². The summed E-state index contributed by atoms with van der Waals surface area (Å²) < 4.78 is 0. The SMILES string of the molecule is CC(O)CCCCCCCCCCCCCCCC(N)=O. The van der Waals surface area contributed by atoms with E-state index in [9.17, 15) is 4.79 Å². The molecule has 126 valence electrons. The minimum absolute atomic E-state index is 0.124. The van der Waals surface area contributed by atoms with Gasteiger partial charge in [-0.15, -0.1) is 0 Å². The van der Waals surface area contributed by atoms with Gasteiger partial charge in [-0.2, -0.15) is 0 Å². The molecular weight excluding hydrogens is 262 g/mol. The Bertz CT molecular complexity index is 229. The second-order valence-corrected chi connectivity index (χ2v) is 6.45. The van der Waals surface area contributed by atoms with Gasteiger partial charge >= 0.3 is 0 Å². The molecule has 1 unspecified atom stereocenters. The third kappa shape index (κ3) is 19.4. The van der Waals surface area contributed by atoms with Crippen LogP contribution >= 0.6 is 0 Å². The molecule has 0 saturated heterocycles. The molecule has 1 amide bonds. The van der Waals surface area contributed by atoms with Crippen molar-refractivity contribution in [1.29, 1.82) is 0 Å². The zero-order valence-corrected chi connectivity index (χ0v) is 14.1. The highest BCUT2D eigenvalue weighted by molar-refractivity contribution is 5.73. The van der Waals surface area contributed by atoms with Crippen molar-refractivity contribution >= 4 is 5.91 Å². The summed E-state index contributed by atoms with van der Waals surface area (Å²) in [6, 6.07) is 0. The number of amides is 1. The van der Waals surface area contributed by atoms with Gasteiger partial charge in [-0.05, 0) is 19.8 Å². The molecule has 0 saturated carbocycles. The van der Waals surface area contributed by atoms with E-state index in [1.807, 2.05) is 6.92 Å². The molecule has 0 spiro atoms. The van der Waals surface area contributed by atoms with Crippen LogP contribution in [0.3, 0.4) is 0 Å². The van der Waals surface area contributed by atoms with Crippen molar-refractivity contribution in [3.05, 3.63) is 0 Å². The number of carbonyl (C=O) groups is 1. The van der Waals surface area contributed by atoms with E-state index >= 15 is 0 Å². The van der Waals surface area contributed by atoms with E-state index in [-0.39, 0.29) is 12.0 Å². The number of primary amides is 1. The molecular formula is C18H37NO2. The Kier molecular flexibility index (Phi) is 15.4. The number of carbonyl (C=O) groups excluding carboxylic acids is 1. The quantitative estimate of drug-likeness (QED) is 0.406. The molecule has 3 nitrogen and oxygen atoms in total. The predicted molar refractivity (Wildman–Crippen MR) is 90.1 cm³/mol. The molecule has 0 aliphatic heterocycles. The summed E-state index contributed by atoms with van der Waals surface area (Å²) in [4.78, 5) is 10.6. The fourth-order valence-electron chi connectivity index (χ4n) is 2.68. The van der Waals surface area contributed by atoms with Crippen LogP contribution in [-0.2, 0) is 4.79 Å². The van der Waals surface area contributed by atoms with Crippen LogP contribution in [0.4, 0.5) is 0 Å². The van der Waals surface area contributed by atoms with Crippen molar-refractivity contribution in [2.75, 3.05) is 0 Å². The molecule has 0 heterocycles. The van der Waals surface area contributed by atoms with Crippen molar-refractivity contribution in [3.8, 4) is 0 Å². The maximum Gasteiger partial charge on any atom is 0.217 e. The van der Waals surface area contributed by atoms with Crippen LogP contribution in [0.15, 0.2) is 0 Å². The Morgan fingerprint density at radius 3 is 1.43 bits per heavy atom. The van der Waals surface area contributed by atoms with Crippen LogP contribution in [0.5, 0.6) is 0 Å². The van der Waals surface area contributed by atoms with Gasteiger partial charge in [0.1, 0.15) is 0 Å². The van der Waals surface area contributed by atoms with Crippen LogP contribution in [0.2, 0.25) is 0 Å². The van der Waals surface area contributed by atoms with Gasteiger partial charge in [-0.25, -0.2) is 0 Å². The molecule has 0 rings (SSSR count). The first-order chi connectivity index (χ1) is 10.1. The van der Waals surface area contributed by atoms with Crippen LogP contribution in [0, 0.1) is 0 Å². The van der Waals surface area contributed by atoms with Crippen LogP contribution < -0.4 is 5.73 Å². The van der Waals surface area contributed by atoms with E-state index in [0.29, 0.717) is 6.42 Å². The summed E-state index contributed by atoms with van der Waals surface area (Å²) in [6.45, 7) is 1.87. The number of hydrogen-bond donors (Lipinski definition) is 2. The Morgan fingerprint density at radius 1 is 0.762 bits per heavy atom. The average Bonchev–Trinajstić information content (AvgIpc) is 2.42. The summed E-state index contributed by atoms with van der Waals surface area (Å²) in [5.74, 6) is -0.166. The Balaban J connectivity index is 2.98. The lowest BCUT2D eigenvalue weighted by Crippen LogP contribution is -2.09. The Hall–Kier alpha value is -0.570. The monoisotopic (exact) mass is 299 g/mol. The van der Waals surface area contributed by atoms with E-state index in [4.69, 9.17) is 10.8 Å². The number of aliphatic hydroxyl groups is 1. The predicted octanol–water partition coefficient (Wildman–Crippen LogP) is 4.70. The van der Waals surface area contributed by atoms with Crippen molar-refractivity contribution < 1.29 is 9.90 Å². The van der Waals surface area contributed by atoms with E-state index in [1.165, 1.54) is 70.6 Å². The highest BCUT2D eigenvalue weighted by atomic mass is 16.3.